The quantitative estimate of drug-likeness (QED) is 0.758. The van der Waals surface area contributed by atoms with Crippen molar-refractivity contribution >= 4 is 11.9 Å². The molecule has 0 aliphatic carbocycles. The molecule has 2 rings (SSSR count). The van der Waals surface area contributed by atoms with E-state index in [1.807, 2.05) is 30.3 Å². The second-order valence-electron chi connectivity index (χ2n) is 4.90. The van der Waals surface area contributed by atoms with Gasteiger partial charge in [0.1, 0.15) is 0 Å². The summed E-state index contributed by atoms with van der Waals surface area (Å²) in [7, 11) is 0. The van der Waals surface area contributed by atoms with Crippen LogP contribution in [0.5, 0.6) is 0 Å². The Labute approximate surface area is 128 Å². The van der Waals surface area contributed by atoms with Gasteiger partial charge in [0.15, 0.2) is 0 Å². The van der Waals surface area contributed by atoms with Crippen molar-refractivity contribution in [2.24, 2.45) is 0 Å². The van der Waals surface area contributed by atoms with Crippen LogP contribution >= 0.6 is 0 Å². The van der Waals surface area contributed by atoms with Crippen molar-refractivity contribution in [3.63, 3.8) is 0 Å². The second kappa shape index (κ2) is 7.38. The molecule has 0 spiro atoms. The molecule has 0 aliphatic rings. The fourth-order valence-electron chi connectivity index (χ4n) is 2.13. The molecule has 0 aromatic heterocycles. The molecule has 1 amide bonds. The summed E-state index contributed by atoms with van der Waals surface area (Å²) < 4.78 is 0. The monoisotopic (exact) mass is 299 g/mol. The smallest absolute Gasteiger partial charge is 0.336 e. The van der Waals surface area contributed by atoms with Crippen LogP contribution < -0.4 is 5.32 Å². The van der Waals surface area contributed by atoms with E-state index >= 15 is 0 Å². The third kappa shape index (κ3) is 4.17. The average Bonchev–Trinajstić information content (AvgIpc) is 2.53. The largest absolute Gasteiger partial charge is 0.478 e. The van der Waals surface area contributed by atoms with Crippen LogP contribution in [0, 0.1) is 0 Å². The number of rotatable bonds is 6. The molecular weight excluding hydrogens is 282 g/mol. The number of benzene rings is 2. The highest BCUT2D eigenvalue weighted by Gasteiger charge is 2.16. The molecule has 3 N–H and O–H groups in total. The summed E-state index contributed by atoms with van der Waals surface area (Å²) in [6.45, 7) is 0.0572. The van der Waals surface area contributed by atoms with Crippen LogP contribution in [0.2, 0.25) is 0 Å². The number of aliphatic hydroxyl groups is 1. The van der Waals surface area contributed by atoms with Crippen molar-refractivity contribution in [1.29, 1.82) is 0 Å². The number of hydrogen-bond acceptors (Lipinski definition) is 3. The third-order valence-electron chi connectivity index (χ3n) is 3.21. The lowest BCUT2D eigenvalue weighted by molar-refractivity contribution is 0.0690. The molecular formula is C17H17NO4. The molecule has 0 radical (unpaired) electrons. The number of aliphatic hydroxyl groups excluding tert-OH is 1. The Bertz CT molecular complexity index is 655. The molecule has 0 saturated carbocycles. The highest BCUT2D eigenvalue weighted by atomic mass is 16.4. The molecule has 114 valence electrons. The summed E-state index contributed by atoms with van der Waals surface area (Å²) in [5.74, 6) is -1.67. The first-order valence-corrected chi connectivity index (χ1v) is 6.90. The lowest BCUT2D eigenvalue weighted by Crippen LogP contribution is -2.34. The molecule has 0 saturated heterocycles. The normalized spacial score (nSPS) is 11.7. The van der Waals surface area contributed by atoms with Gasteiger partial charge in [0.2, 0.25) is 0 Å². The summed E-state index contributed by atoms with van der Waals surface area (Å²) in [6.07, 6.45) is -0.315. The van der Waals surface area contributed by atoms with Gasteiger partial charge in [-0.3, -0.25) is 4.79 Å². The van der Waals surface area contributed by atoms with Gasteiger partial charge in [-0.15, -0.1) is 0 Å². The predicted molar refractivity (Wildman–Crippen MR) is 81.9 cm³/mol. The van der Waals surface area contributed by atoms with Gasteiger partial charge in [0.05, 0.1) is 17.2 Å². The van der Waals surface area contributed by atoms with E-state index in [9.17, 15) is 14.7 Å². The topological polar surface area (TPSA) is 86.6 Å². The van der Waals surface area contributed by atoms with Crippen LogP contribution in [0.15, 0.2) is 54.6 Å². The highest BCUT2D eigenvalue weighted by molar-refractivity contribution is 6.04. The van der Waals surface area contributed by atoms with Gasteiger partial charge in [-0.2, -0.15) is 0 Å². The maximum absolute atomic E-state index is 12.0. The summed E-state index contributed by atoms with van der Waals surface area (Å²) in [6, 6.07) is 15.4. The average molecular weight is 299 g/mol. The molecule has 0 bridgehead atoms. The minimum absolute atomic E-state index is 0.0572. The van der Waals surface area contributed by atoms with Crippen LogP contribution in [0.25, 0.3) is 0 Å². The number of nitrogens with one attached hydrogen (secondary N) is 1. The maximum Gasteiger partial charge on any atom is 0.336 e. The van der Waals surface area contributed by atoms with E-state index in [1.54, 1.807) is 12.1 Å². The first-order chi connectivity index (χ1) is 10.6. The van der Waals surface area contributed by atoms with Gasteiger partial charge in [0, 0.05) is 13.0 Å². The standard InChI is InChI=1S/C17H17NO4/c19-13(10-12-6-2-1-3-7-12)11-18-16(20)14-8-4-5-9-15(14)17(21)22/h1-9,13,19H,10-11H2,(H,18,20)(H,21,22). The van der Waals surface area contributed by atoms with Crippen LogP contribution in [-0.4, -0.2) is 34.7 Å². The van der Waals surface area contributed by atoms with E-state index in [0.29, 0.717) is 6.42 Å². The molecule has 0 heterocycles. The molecule has 1 unspecified atom stereocenters. The van der Waals surface area contributed by atoms with Crippen LogP contribution in [0.3, 0.4) is 0 Å². The number of carbonyl (C=O) groups is 2. The number of amides is 1. The number of carbonyl (C=O) groups excluding carboxylic acids is 1. The predicted octanol–water partition coefficient (Wildman–Crippen LogP) is 1.72. The van der Waals surface area contributed by atoms with E-state index in [4.69, 9.17) is 5.11 Å². The zero-order valence-corrected chi connectivity index (χ0v) is 11.9. The van der Waals surface area contributed by atoms with Crippen molar-refractivity contribution in [3.05, 3.63) is 71.3 Å². The van der Waals surface area contributed by atoms with Gasteiger partial charge in [-0.05, 0) is 17.7 Å². The van der Waals surface area contributed by atoms with Crippen molar-refractivity contribution in [1.82, 2.24) is 5.32 Å². The Hall–Kier alpha value is -2.66. The van der Waals surface area contributed by atoms with Crippen molar-refractivity contribution in [2.75, 3.05) is 6.54 Å². The molecule has 5 heteroatoms. The molecule has 1 atom stereocenters. The summed E-state index contributed by atoms with van der Waals surface area (Å²) in [5, 5.41) is 21.6. The maximum atomic E-state index is 12.0. The van der Waals surface area contributed by atoms with E-state index in [2.05, 4.69) is 5.32 Å². The van der Waals surface area contributed by atoms with Crippen LogP contribution in [0.1, 0.15) is 26.3 Å². The Balaban J connectivity index is 1.94. The zero-order valence-electron chi connectivity index (χ0n) is 11.9. The molecule has 2 aromatic carbocycles. The molecule has 0 aliphatic heterocycles. The minimum atomic E-state index is -1.16. The van der Waals surface area contributed by atoms with Crippen LogP contribution in [0.4, 0.5) is 0 Å². The summed E-state index contributed by atoms with van der Waals surface area (Å²) in [5.41, 5.74) is 0.995. The van der Waals surface area contributed by atoms with E-state index < -0.39 is 18.0 Å². The van der Waals surface area contributed by atoms with Crippen molar-refractivity contribution in [2.45, 2.75) is 12.5 Å². The second-order valence-corrected chi connectivity index (χ2v) is 4.90. The summed E-state index contributed by atoms with van der Waals surface area (Å²) >= 11 is 0. The number of carboxylic acids is 1. The highest BCUT2D eigenvalue weighted by Crippen LogP contribution is 2.09. The van der Waals surface area contributed by atoms with Gasteiger partial charge in [-0.25, -0.2) is 4.79 Å². The zero-order chi connectivity index (χ0) is 15.9. The van der Waals surface area contributed by atoms with Gasteiger partial charge < -0.3 is 15.5 Å². The summed E-state index contributed by atoms with van der Waals surface area (Å²) in [4.78, 5) is 23.1. The SMILES string of the molecule is O=C(O)c1ccccc1C(=O)NCC(O)Cc1ccccc1. The van der Waals surface area contributed by atoms with Crippen LogP contribution in [-0.2, 0) is 6.42 Å². The lowest BCUT2D eigenvalue weighted by Gasteiger charge is -2.13. The third-order valence-corrected chi connectivity index (χ3v) is 3.21. The Morgan fingerprint density at radius 1 is 0.955 bits per heavy atom. The number of carboxylic acid groups (broad SMARTS) is 1. The lowest BCUT2D eigenvalue weighted by atomic mass is 10.1. The van der Waals surface area contributed by atoms with Gasteiger partial charge in [-0.1, -0.05) is 42.5 Å². The van der Waals surface area contributed by atoms with Crippen molar-refractivity contribution in [3.8, 4) is 0 Å². The fourth-order valence-corrected chi connectivity index (χ4v) is 2.13. The van der Waals surface area contributed by atoms with E-state index in [-0.39, 0.29) is 17.7 Å². The molecule has 2 aromatic rings. The Kier molecular flexibility index (Phi) is 5.27. The van der Waals surface area contributed by atoms with Gasteiger partial charge in [0.25, 0.3) is 5.91 Å². The van der Waals surface area contributed by atoms with E-state index in [0.717, 1.165) is 5.56 Å². The minimum Gasteiger partial charge on any atom is -0.478 e. The number of aromatic carboxylic acids is 1. The first kappa shape index (κ1) is 15.7. The number of hydrogen-bond donors (Lipinski definition) is 3. The fraction of sp³-hybridized carbons (Fsp3) is 0.176. The first-order valence-electron chi connectivity index (χ1n) is 6.90. The Morgan fingerprint density at radius 3 is 2.18 bits per heavy atom. The molecule has 5 nitrogen and oxygen atoms in total. The Morgan fingerprint density at radius 2 is 1.55 bits per heavy atom. The molecule has 22 heavy (non-hydrogen) atoms. The van der Waals surface area contributed by atoms with Crippen molar-refractivity contribution < 1.29 is 19.8 Å². The van der Waals surface area contributed by atoms with E-state index in [1.165, 1.54) is 12.1 Å². The molecule has 0 fully saturated rings. The van der Waals surface area contributed by atoms with Gasteiger partial charge >= 0.3 is 5.97 Å².